The molecule has 0 aliphatic carbocycles. The van der Waals surface area contributed by atoms with Crippen LogP contribution in [0.3, 0.4) is 0 Å². The maximum atomic E-state index is 11.9. The van der Waals surface area contributed by atoms with Gasteiger partial charge in [0.25, 0.3) is 29.0 Å². The summed E-state index contributed by atoms with van der Waals surface area (Å²) in [7, 11) is -16.6. The van der Waals surface area contributed by atoms with Gasteiger partial charge in [-0.1, -0.05) is 0 Å². The average Bonchev–Trinajstić information content (AvgIpc) is 2.85. The number of aromatic nitrogens is 2. The Morgan fingerprint density at radius 2 is 1.70 bits per heavy atom. The smallest absolute Gasteiger partial charge is 0.756 e. The van der Waals surface area contributed by atoms with Crippen molar-refractivity contribution >= 4 is 23.5 Å². The SMILES string of the molecule is CO[C@@H]1[C@H](O)[C@@H](COP(=O)([O-])OP(=O)([O-])OP(=O)([O-])O)O[C@H]1n1ccc(=O)[nH]c1=O.[Li+].[Li+].[Li+]. The van der Waals surface area contributed by atoms with Crippen molar-refractivity contribution in [2.75, 3.05) is 13.7 Å². The number of H-pyrrole nitrogens is 1. The molecule has 1 fully saturated rings. The molecule has 0 aromatic carbocycles. The normalized spacial score (nSPS) is 27.6. The van der Waals surface area contributed by atoms with Gasteiger partial charge in [0.05, 0.1) is 6.61 Å². The van der Waals surface area contributed by atoms with Crippen LogP contribution >= 0.6 is 23.5 Å². The Morgan fingerprint density at radius 3 is 2.18 bits per heavy atom. The summed E-state index contributed by atoms with van der Waals surface area (Å²) in [4.78, 5) is 66.4. The first-order valence-electron chi connectivity index (χ1n) is 7.55. The van der Waals surface area contributed by atoms with Gasteiger partial charge in [0, 0.05) is 19.4 Å². The maximum Gasteiger partial charge on any atom is 1.00 e. The van der Waals surface area contributed by atoms with Crippen molar-refractivity contribution < 1.29 is 118 Å². The number of rotatable bonds is 9. The van der Waals surface area contributed by atoms with Crippen molar-refractivity contribution in [1.29, 1.82) is 0 Å². The number of phosphoric acid groups is 3. The third-order valence-corrected chi connectivity index (χ3v) is 7.20. The Balaban J connectivity index is 0. The van der Waals surface area contributed by atoms with E-state index in [2.05, 4.69) is 13.1 Å². The topological polar surface area (TPSA) is 262 Å². The van der Waals surface area contributed by atoms with Crippen LogP contribution in [0, 0.1) is 0 Å². The molecule has 3 unspecified atom stereocenters. The summed E-state index contributed by atoms with van der Waals surface area (Å²) < 4.78 is 55.0. The van der Waals surface area contributed by atoms with Gasteiger partial charge in [-0.25, -0.2) is 13.4 Å². The monoisotopic (exact) mass is 516 g/mol. The van der Waals surface area contributed by atoms with Crippen molar-refractivity contribution in [3.8, 4) is 0 Å². The third-order valence-electron chi connectivity index (χ3n) is 3.51. The molecule has 23 heteroatoms. The molecule has 1 aliphatic heterocycles. The van der Waals surface area contributed by atoms with Crippen molar-refractivity contribution in [2.24, 2.45) is 0 Å². The summed E-state index contributed by atoms with van der Waals surface area (Å²) in [5.41, 5.74) is -1.65. The molecule has 172 valence electrons. The zero-order chi connectivity index (χ0) is 22.9. The average molecular weight is 516 g/mol. The first-order chi connectivity index (χ1) is 13.6. The van der Waals surface area contributed by atoms with Gasteiger partial charge in [-0.2, -0.15) is 0 Å². The Labute approximate surface area is 221 Å². The number of aliphatic hydroxyl groups is 1. The minimum Gasteiger partial charge on any atom is -0.756 e. The largest absolute Gasteiger partial charge is 1.00 e. The molecule has 0 saturated carbocycles. The fraction of sp³-hybridized carbons (Fsp3) is 0.600. The predicted molar refractivity (Wildman–Crippen MR) is 85.2 cm³/mol. The number of hydrogen-bond acceptors (Lipinski definition) is 14. The molecule has 0 spiro atoms. The van der Waals surface area contributed by atoms with Crippen molar-refractivity contribution in [2.45, 2.75) is 24.5 Å². The summed E-state index contributed by atoms with van der Waals surface area (Å²) in [5, 5.41) is 10.2. The quantitative estimate of drug-likeness (QED) is 0.203. The van der Waals surface area contributed by atoms with Crippen molar-refractivity contribution in [3.63, 3.8) is 0 Å². The number of methoxy groups -OCH3 is 1. The van der Waals surface area contributed by atoms with Crippen LogP contribution in [0.2, 0.25) is 0 Å². The molecule has 2 heterocycles. The van der Waals surface area contributed by atoms with Crippen LogP contribution in [0.4, 0.5) is 0 Å². The Kier molecular flexibility index (Phi) is 15.1. The number of hydrogen-bond donors (Lipinski definition) is 3. The van der Waals surface area contributed by atoms with Gasteiger partial charge < -0.3 is 38.7 Å². The molecule has 7 atom stereocenters. The molecule has 1 aromatic rings. The fourth-order valence-corrected chi connectivity index (χ4v) is 5.31. The second-order valence-electron chi connectivity index (χ2n) is 5.60. The van der Waals surface area contributed by atoms with Gasteiger partial charge in [-0.3, -0.25) is 28.0 Å². The van der Waals surface area contributed by atoms with E-state index < -0.39 is 65.9 Å². The van der Waals surface area contributed by atoms with Crippen LogP contribution in [0.15, 0.2) is 21.9 Å². The molecular weight excluding hydrogens is 502 g/mol. The van der Waals surface area contributed by atoms with E-state index in [0.717, 1.165) is 23.9 Å². The molecule has 1 saturated heterocycles. The van der Waals surface area contributed by atoms with Gasteiger partial charge in [-0.15, -0.1) is 0 Å². The molecule has 3 N–H and O–H groups in total. The molecule has 33 heavy (non-hydrogen) atoms. The van der Waals surface area contributed by atoms with Crippen molar-refractivity contribution in [3.05, 3.63) is 33.1 Å². The minimum atomic E-state index is -6.08. The first kappa shape index (κ1) is 35.9. The van der Waals surface area contributed by atoms with Crippen molar-refractivity contribution in [1.82, 2.24) is 9.55 Å². The summed E-state index contributed by atoms with van der Waals surface area (Å²) >= 11 is 0. The van der Waals surface area contributed by atoms with E-state index in [1.807, 2.05) is 4.98 Å². The number of nitrogens with zero attached hydrogens (tertiary/aromatic N) is 1. The molecule has 0 bridgehead atoms. The first-order valence-corrected chi connectivity index (χ1v) is 12.0. The van der Waals surface area contributed by atoms with Crippen LogP contribution in [-0.2, 0) is 36.3 Å². The predicted octanol–water partition coefficient (Wildman–Crippen LogP) is -12.7. The zero-order valence-corrected chi connectivity index (χ0v) is 20.3. The Hall–Kier alpha value is 0.762. The Morgan fingerprint density at radius 1 is 1.12 bits per heavy atom. The van der Waals surface area contributed by atoms with Gasteiger partial charge in [0.15, 0.2) is 6.23 Å². The van der Waals surface area contributed by atoms with Crippen LogP contribution in [-0.4, -0.2) is 51.6 Å². The number of ether oxygens (including phenoxy) is 2. The van der Waals surface area contributed by atoms with E-state index in [1.165, 1.54) is 0 Å². The van der Waals surface area contributed by atoms with E-state index in [4.69, 9.17) is 14.4 Å². The fourth-order valence-electron chi connectivity index (χ4n) is 2.41. The molecule has 2 rings (SSSR count). The summed E-state index contributed by atoms with van der Waals surface area (Å²) in [6.45, 7) is -1.06. The second-order valence-corrected chi connectivity index (χ2v) is 9.89. The van der Waals surface area contributed by atoms with Gasteiger partial charge in [-0.05, 0) is 0 Å². The summed E-state index contributed by atoms with van der Waals surface area (Å²) in [6.07, 6.45) is -4.68. The van der Waals surface area contributed by atoms with Gasteiger partial charge >= 0.3 is 62.3 Å². The van der Waals surface area contributed by atoms with E-state index in [9.17, 15) is 43.1 Å². The number of aromatic amines is 1. The number of nitrogens with one attached hydrogen (secondary N) is 1. The standard InChI is InChI=1S/C10H17N2O15P3.3Li/c1-23-8-7(14)5(25-9(8)12-3-2-6(13)11-10(12)15)4-24-29(19,20)27-30(21,22)26-28(16,17)18;;;/h2-3,5,7-9,14H,4H2,1H3,(H,19,20)(H,21,22)(H,11,13,15)(H2,16,17,18);;;/q;3*+1/p-3/t5-,7-,8-,9-;;;/m1.../s1. The summed E-state index contributed by atoms with van der Waals surface area (Å²) in [6, 6.07) is 0.967. The van der Waals surface area contributed by atoms with Gasteiger partial charge in [0.2, 0.25) is 0 Å². The van der Waals surface area contributed by atoms with Crippen LogP contribution in [0.25, 0.3) is 0 Å². The maximum absolute atomic E-state index is 11.9. The van der Waals surface area contributed by atoms with Crippen LogP contribution in [0.5, 0.6) is 0 Å². The van der Waals surface area contributed by atoms with E-state index in [1.54, 1.807) is 0 Å². The molecule has 0 radical (unpaired) electrons. The van der Waals surface area contributed by atoms with E-state index >= 15 is 0 Å². The summed E-state index contributed by atoms with van der Waals surface area (Å²) in [5.74, 6) is 0. The molecule has 1 aromatic heterocycles. The number of phosphoric ester groups is 1. The molecule has 0 amide bonds. The van der Waals surface area contributed by atoms with Gasteiger partial charge in [0.1, 0.15) is 18.3 Å². The molecule has 17 nitrogen and oxygen atoms in total. The minimum absolute atomic E-state index is 0. The third kappa shape index (κ3) is 10.7. The molecular formula is C10H14Li3N2O15P3. The zero-order valence-electron chi connectivity index (χ0n) is 17.7. The molecule has 1 aliphatic rings. The second kappa shape index (κ2) is 13.9. The Bertz CT molecular complexity index is 1030. The van der Waals surface area contributed by atoms with Crippen LogP contribution < -0.4 is 82.5 Å². The van der Waals surface area contributed by atoms with E-state index in [0.29, 0.717) is 0 Å². The van der Waals surface area contributed by atoms with E-state index in [-0.39, 0.29) is 56.6 Å². The number of aliphatic hydroxyl groups excluding tert-OH is 1. The van der Waals surface area contributed by atoms with Crippen LogP contribution in [0.1, 0.15) is 6.23 Å².